The van der Waals surface area contributed by atoms with Gasteiger partial charge in [-0.05, 0) is 37.3 Å². The molecule has 10 heteroatoms. The van der Waals surface area contributed by atoms with Gasteiger partial charge in [-0.25, -0.2) is 9.69 Å². The topological polar surface area (TPSA) is 75.7 Å². The number of carbonyl (C=O) groups excluding carboxylic acids is 3. The Bertz CT molecular complexity index is 1070. The van der Waals surface area contributed by atoms with E-state index in [1.807, 2.05) is 0 Å². The molecule has 0 unspecified atom stereocenters. The summed E-state index contributed by atoms with van der Waals surface area (Å²) < 4.78 is 43.7. The number of rotatable bonds is 5. The molecular formula is C20H14ClF3N2O4. The van der Waals surface area contributed by atoms with Crippen LogP contribution in [-0.2, 0) is 20.5 Å². The summed E-state index contributed by atoms with van der Waals surface area (Å²) in [4.78, 5) is 38.3. The quantitative estimate of drug-likeness (QED) is 0.556. The third-order valence-electron chi connectivity index (χ3n) is 4.13. The molecule has 0 bridgehead atoms. The number of nitrogens with zero attached hydrogens (tertiary/aromatic N) is 1. The van der Waals surface area contributed by atoms with Crippen molar-refractivity contribution in [2.24, 2.45) is 0 Å². The lowest BCUT2D eigenvalue weighted by Crippen LogP contribution is -2.33. The largest absolute Gasteiger partial charge is 0.462 e. The van der Waals surface area contributed by atoms with Crippen molar-refractivity contribution in [3.05, 3.63) is 70.4 Å². The van der Waals surface area contributed by atoms with Gasteiger partial charge in [0.15, 0.2) is 0 Å². The van der Waals surface area contributed by atoms with Crippen LogP contribution in [0.4, 0.5) is 24.5 Å². The molecule has 2 amide bonds. The highest BCUT2D eigenvalue weighted by Crippen LogP contribution is 2.34. The van der Waals surface area contributed by atoms with Crippen LogP contribution in [0.3, 0.4) is 0 Å². The highest BCUT2D eigenvalue weighted by atomic mass is 35.5. The molecule has 0 aromatic heterocycles. The van der Waals surface area contributed by atoms with E-state index < -0.39 is 40.3 Å². The molecule has 0 saturated heterocycles. The molecule has 0 saturated carbocycles. The maximum absolute atomic E-state index is 12.9. The maximum atomic E-state index is 12.9. The number of alkyl halides is 3. The molecule has 0 atom stereocenters. The molecule has 3 rings (SSSR count). The van der Waals surface area contributed by atoms with E-state index in [0.717, 1.165) is 18.2 Å². The van der Waals surface area contributed by atoms with Gasteiger partial charge in [0, 0.05) is 5.69 Å². The molecule has 1 N–H and O–H groups in total. The number of ether oxygens (including phenoxy) is 1. The molecular weight excluding hydrogens is 425 g/mol. The number of hydrogen-bond acceptors (Lipinski definition) is 5. The molecule has 0 fully saturated rings. The number of imide groups is 1. The number of para-hydroxylation sites is 1. The number of halogens is 4. The smallest absolute Gasteiger partial charge is 0.416 e. The number of benzene rings is 2. The number of amides is 2. The fraction of sp³-hybridized carbons (Fsp3) is 0.150. The second-order valence-corrected chi connectivity index (χ2v) is 6.45. The summed E-state index contributed by atoms with van der Waals surface area (Å²) in [7, 11) is 0. The molecule has 1 heterocycles. The van der Waals surface area contributed by atoms with E-state index in [-0.39, 0.29) is 23.5 Å². The van der Waals surface area contributed by atoms with Gasteiger partial charge >= 0.3 is 12.1 Å². The SMILES string of the molecule is CCOC(=O)c1ccccc1N1C(=O)C(Cl)=C(Nc2cccc(C(F)(F)F)c2)C1=O. The van der Waals surface area contributed by atoms with Gasteiger partial charge in [-0.15, -0.1) is 0 Å². The Labute approximate surface area is 173 Å². The van der Waals surface area contributed by atoms with E-state index in [2.05, 4.69) is 5.32 Å². The van der Waals surface area contributed by atoms with Crippen LogP contribution >= 0.6 is 11.6 Å². The van der Waals surface area contributed by atoms with Crippen molar-refractivity contribution in [1.29, 1.82) is 0 Å². The highest BCUT2D eigenvalue weighted by molar-refractivity contribution is 6.53. The average Bonchev–Trinajstić information content (AvgIpc) is 2.91. The van der Waals surface area contributed by atoms with E-state index >= 15 is 0 Å². The van der Waals surface area contributed by atoms with Gasteiger partial charge in [-0.1, -0.05) is 29.8 Å². The zero-order valence-corrected chi connectivity index (χ0v) is 16.2. The molecule has 6 nitrogen and oxygen atoms in total. The van der Waals surface area contributed by atoms with Crippen molar-refractivity contribution in [1.82, 2.24) is 0 Å². The van der Waals surface area contributed by atoms with E-state index in [1.54, 1.807) is 6.92 Å². The maximum Gasteiger partial charge on any atom is 0.416 e. The van der Waals surface area contributed by atoms with Gasteiger partial charge in [0.1, 0.15) is 10.7 Å². The van der Waals surface area contributed by atoms with Crippen LogP contribution in [0.15, 0.2) is 59.3 Å². The van der Waals surface area contributed by atoms with E-state index in [4.69, 9.17) is 16.3 Å². The van der Waals surface area contributed by atoms with Gasteiger partial charge < -0.3 is 10.1 Å². The minimum Gasteiger partial charge on any atom is -0.462 e. The number of hydrogen-bond donors (Lipinski definition) is 1. The Morgan fingerprint density at radius 2 is 1.80 bits per heavy atom. The van der Waals surface area contributed by atoms with Crippen LogP contribution in [0.25, 0.3) is 0 Å². The third kappa shape index (κ3) is 4.02. The summed E-state index contributed by atoms with van der Waals surface area (Å²) in [6.45, 7) is 1.68. The summed E-state index contributed by atoms with van der Waals surface area (Å²) in [5.41, 5.74) is -1.51. The third-order valence-corrected chi connectivity index (χ3v) is 4.48. The lowest BCUT2D eigenvalue weighted by molar-refractivity contribution is -0.137. The standard InChI is InChI=1S/C20H14ClF3N2O4/c1-2-30-19(29)13-8-3-4-9-14(13)26-17(27)15(21)16(18(26)28)25-12-7-5-6-11(10-12)20(22,23)24/h3-10,25H,2H2,1H3. The minimum atomic E-state index is -4.59. The van der Waals surface area contributed by atoms with Crippen LogP contribution < -0.4 is 10.2 Å². The fourth-order valence-electron chi connectivity index (χ4n) is 2.80. The first-order valence-electron chi connectivity index (χ1n) is 8.64. The predicted octanol–water partition coefficient (Wildman–Crippen LogP) is 4.32. The molecule has 0 aliphatic carbocycles. The van der Waals surface area contributed by atoms with Gasteiger partial charge in [0.2, 0.25) is 0 Å². The molecule has 0 spiro atoms. The summed E-state index contributed by atoms with van der Waals surface area (Å²) in [5, 5.41) is 1.96. The highest BCUT2D eigenvalue weighted by Gasteiger charge is 2.41. The Morgan fingerprint density at radius 3 is 2.47 bits per heavy atom. The molecule has 2 aromatic rings. The van der Waals surface area contributed by atoms with Gasteiger partial charge in [-0.3, -0.25) is 9.59 Å². The van der Waals surface area contributed by atoms with Gasteiger partial charge in [0.05, 0.1) is 23.4 Å². The number of nitrogens with one attached hydrogen (secondary N) is 1. The first kappa shape index (κ1) is 21.4. The second-order valence-electron chi connectivity index (χ2n) is 6.08. The van der Waals surface area contributed by atoms with E-state index in [1.165, 1.54) is 30.3 Å². The van der Waals surface area contributed by atoms with Crippen LogP contribution in [-0.4, -0.2) is 24.4 Å². The summed E-state index contributed by atoms with van der Waals surface area (Å²) in [6, 6.07) is 9.85. The minimum absolute atomic E-state index is 0.0363. The zero-order chi connectivity index (χ0) is 22.1. The van der Waals surface area contributed by atoms with Crippen LogP contribution in [0, 0.1) is 0 Å². The summed E-state index contributed by atoms with van der Waals surface area (Å²) in [6.07, 6.45) is -4.59. The summed E-state index contributed by atoms with van der Waals surface area (Å²) >= 11 is 6.01. The lowest BCUT2D eigenvalue weighted by atomic mass is 10.1. The Morgan fingerprint density at radius 1 is 1.10 bits per heavy atom. The number of esters is 1. The average molecular weight is 439 g/mol. The normalized spacial score (nSPS) is 14.4. The van der Waals surface area contributed by atoms with Crippen LogP contribution in [0.5, 0.6) is 0 Å². The van der Waals surface area contributed by atoms with Crippen molar-refractivity contribution in [2.45, 2.75) is 13.1 Å². The van der Waals surface area contributed by atoms with E-state index in [0.29, 0.717) is 4.90 Å². The summed E-state index contributed by atoms with van der Waals surface area (Å²) in [5.74, 6) is -2.59. The molecule has 0 radical (unpaired) electrons. The zero-order valence-electron chi connectivity index (χ0n) is 15.4. The predicted molar refractivity (Wildman–Crippen MR) is 103 cm³/mol. The second kappa shape index (κ2) is 8.19. The van der Waals surface area contributed by atoms with Crippen molar-refractivity contribution in [3.8, 4) is 0 Å². The first-order chi connectivity index (χ1) is 14.1. The van der Waals surface area contributed by atoms with E-state index in [9.17, 15) is 27.6 Å². The first-order valence-corrected chi connectivity index (χ1v) is 9.02. The van der Waals surface area contributed by atoms with Crippen LogP contribution in [0.1, 0.15) is 22.8 Å². The van der Waals surface area contributed by atoms with Crippen molar-refractivity contribution < 1.29 is 32.3 Å². The van der Waals surface area contributed by atoms with Gasteiger partial charge in [-0.2, -0.15) is 13.2 Å². The van der Waals surface area contributed by atoms with Crippen LogP contribution in [0.2, 0.25) is 0 Å². The Kier molecular flexibility index (Phi) is 5.84. The van der Waals surface area contributed by atoms with Gasteiger partial charge in [0.25, 0.3) is 11.8 Å². The number of carbonyl (C=O) groups is 3. The number of anilines is 2. The molecule has 30 heavy (non-hydrogen) atoms. The van der Waals surface area contributed by atoms with Crippen molar-refractivity contribution in [2.75, 3.05) is 16.8 Å². The Balaban J connectivity index is 1.95. The van der Waals surface area contributed by atoms with Crippen molar-refractivity contribution >= 4 is 40.8 Å². The lowest BCUT2D eigenvalue weighted by Gasteiger charge is -2.18. The Hall–Kier alpha value is -3.33. The fourth-order valence-corrected chi connectivity index (χ4v) is 3.01. The monoisotopic (exact) mass is 438 g/mol. The molecule has 1 aliphatic heterocycles. The van der Waals surface area contributed by atoms with Crippen molar-refractivity contribution in [3.63, 3.8) is 0 Å². The molecule has 2 aromatic carbocycles. The molecule has 1 aliphatic rings. The molecule has 156 valence electrons.